The number of nitriles is 1. The molecule has 0 saturated carbocycles. The second kappa shape index (κ2) is 6.40. The zero-order valence-electron chi connectivity index (χ0n) is 14.5. The van der Waals surface area contributed by atoms with Crippen molar-refractivity contribution in [3.8, 4) is 17.6 Å². The van der Waals surface area contributed by atoms with Crippen molar-refractivity contribution in [2.45, 2.75) is 26.8 Å². The van der Waals surface area contributed by atoms with Crippen LogP contribution in [0, 0.1) is 25.2 Å². The number of hydrogen-bond acceptors (Lipinski definition) is 5. The number of nitrogens with zero attached hydrogens (tertiary/aromatic N) is 3. The summed E-state index contributed by atoms with van der Waals surface area (Å²) in [7, 11) is 3.31. The normalized spacial score (nSPS) is 13.2. The summed E-state index contributed by atoms with van der Waals surface area (Å²) in [6.07, 6.45) is 0.926. The standard InChI is InChI=1S/C19H21N3O2/c1-12-7-19(21-13(2)16(12)10-20)22-6-5-14-8-17(23-3)18(24-4)9-15(14)11-22/h7-9H,5-6,11H2,1-4H3. The second-order valence-electron chi connectivity index (χ2n) is 6.02. The van der Waals surface area contributed by atoms with Crippen LogP contribution in [0.4, 0.5) is 5.82 Å². The smallest absolute Gasteiger partial charge is 0.161 e. The van der Waals surface area contributed by atoms with E-state index in [1.54, 1.807) is 14.2 Å². The maximum atomic E-state index is 9.21. The molecule has 0 atom stereocenters. The van der Waals surface area contributed by atoms with E-state index in [9.17, 15) is 5.26 Å². The number of pyridine rings is 1. The quantitative estimate of drug-likeness (QED) is 0.868. The minimum absolute atomic E-state index is 0.669. The van der Waals surface area contributed by atoms with Crippen molar-refractivity contribution >= 4 is 5.82 Å². The van der Waals surface area contributed by atoms with Crippen LogP contribution in [0.5, 0.6) is 11.5 Å². The van der Waals surface area contributed by atoms with Crippen molar-refractivity contribution in [1.29, 1.82) is 5.26 Å². The Hall–Kier alpha value is -2.74. The Labute approximate surface area is 142 Å². The van der Waals surface area contributed by atoms with E-state index in [1.165, 1.54) is 11.1 Å². The fourth-order valence-corrected chi connectivity index (χ4v) is 3.22. The predicted octanol–water partition coefficient (Wildman–Crippen LogP) is 3.15. The van der Waals surface area contributed by atoms with Gasteiger partial charge in [0.1, 0.15) is 11.9 Å². The van der Waals surface area contributed by atoms with Crippen LogP contribution in [0.15, 0.2) is 18.2 Å². The molecule has 0 amide bonds. The van der Waals surface area contributed by atoms with Crippen LogP contribution < -0.4 is 14.4 Å². The molecule has 0 fully saturated rings. The molecule has 5 heteroatoms. The van der Waals surface area contributed by atoms with Gasteiger partial charge < -0.3 is 14.4 Å². The molecule has 1 aliphatic heterocycles. The van der Waals surface area contributed by atoms with Gasteiger partial charge in [-0.2, -0.15) is 5.26 Å². The molecule has 0 bridgehead atoms. The molecule has 0 saturated heterocycles. The van der Waals surface area contributed by atoms with Gasteiger partial charge in [0.15, 0.2) is 11.5 Å². The lowest BCUT2D eigenvalue weighted by Crippen LogP contribution is -2.31. The number of ether oxygens (including phenoxy) is 2. The third kappa shape index (κ3) is 2.76. The van der Waals surface area contributed by atoms with Crippen molar-refractivity contribution in [3.63, 3.8) is 0 Å². The first-order valence-electron chi connectivity index (χ1n) is 7.94. The summed E-state index contributed by atoms with van der Waals surface area (Å²) in [6.45, 7) is 5.51. The second-order valence-corrected chi connectivity index (χ2v) is 6.02. The summed E-state index contributed by atoms with van der Waals surface area (Å²) >= 11 is 0. The Morgan fingerprint density at radius 1 is 1.08 bits per heavy atom. The molecule has 0 unspecified atom stereocenters. The minimum atomic E-state index is 0.669. The number of benzene rings is 1. The first kappa shape index (κ1) is 16.1. The van der Waals surface area contributed by atoms with Gasteiger partial charge in [-0.05, 0) is 55.2 Å². The fourth-order valence-electron chi connectivity index (χ4n) is 3.22. The van der Waals surface area contributed by atoms with Crippen LogP contribution in [0.1, 0.15) is 27.9 Å². The van der Waals surface area contributed by atoms with Gasteiger partial charge in [-0.25, -0.2) is 4.98 Å². The van der Waals surface area contributed by atoms with Gasteiger partial charge in [0.05, 0.1) is 25.5 Å². The Morgan fingerprint density at radius 3 is 2.33 bits per heavy atom. The molecule has 24 heavy (non-hydrogen) atoms. The molecule has 2 heterocycles. The van der Waals surface area contributed by atoms with Crippen LogP contribution in [-0.4, -0.2) is 25.7 Å². The average molecular weight is 323 g/mol. The first-order valence-corrected chi connectivity index (χ1v) is 7.94. The van der Waals surface area contributed by atoms with Gasteiger partial charge in [-0.1, -0.05) is 0 Å². The molecular formula is C19H21N3O2. The largest absolute Gasteiger partial charge is 0.493 e. The molecule has 0 N–H and O–H groups in total. The van der Waals surface area contributed by atoms with Crippen molar-refractivity contribution in [3.05, 3.63) is 46.1 Å². The van der Waals surface area contributed by atoms with Gasteiger partial charge in [0, 0.05) is 13.1 Å². The lowest BCUT2D eigenvalue weighted by atomic mass is 9.98. The summed E-state index contributed by atoms with van der Waals surface area (Å²) in [4.78, 5) is 6.87. The number of aryl methyl sites for hydroxylation is 2. The zero-order chi connectivity index (χ0) is 17.3. The van der Waals surface area contributed by atoms with Crippen LogP contribution in [-0.2, 0) is 13.0 Å². The van der Waals surface area contributed by atoms with Gasteiger partial charge in [-0.3, -0.25) is 0 Å². The molecule has 1 aromatic carbocycles. The molecule has 124 valence electrons. The van der Waals surface area contributed by atoms with Crippen LogP contribution in [0.25, 0.3) is 0 Å². The number of methoxy groups -OCH3 is 2. The Kier molecular flexibility index (Phi) is 4.30. The molecule has 1 aliphatic rings. The minimum Gasteiger partial charge on any atom is -0.493 e. The number of hydrogen-bond donors (Lipinski definition) is 0. The Morgan fingerprint density at radius 2 is 1.75 bits per heavy atom. The van der Waals surface area contributed by atoms with E-state index < -0.39 is 0 Å². The third-order valence-electron chi connectivity index (χ3n) is 4.54. The van der Waals surface area contributed by atoms with Crippen molar-refractivity contribution in [2.75, 3.05) is 25.7 Å². The van der Waals surface area contributed by atoms with Gasteiger partial charge in [0.25, 0.3) is 0 Å². The topological polar surface area (TPSA) is 58.4 Å². The van der Waals surface area contributed by atoms with Gasteiger partial charge in [-0.15, -0.1) is 0 Å². The van der Waals surface area contributed by atoms with Crippen LogP contribution in [0.2, 0.25) is 0 Å². The molecule has 2 aromatic rings. The zero-order valence-corrected chi connectivity index (χ0v) is 14.5. The molecule has 3 rings (SSSR count). The SMILES string of the molecule is COc1cc2c(cc1OC)CN(c1cc(C)c(C#N)c(C)n1)CC2. The maximum Gasteiger partial charge on any atom is 0.161 e. The summed E-state index contributed by atoms with van der Waals surface area (Å²) < 4.78 is 10.8. The molecule has 1 aromatic heterocycles. The number of fused-ring (bicyclic) bond motifs is 1. The van der Waals surface area contributed by atoms with Crippen molar-refractivity contribution in [2.24, 2.45) is 0 Å². The highest BCUT2D eigenvalue weighted by Crippen LogP contribution is 2.34. The van der Waals surface area contributed by atoms with E-state index >= 15 is 0 Å². The molecule has 0 radical (unpaired) electrons. The molecular weight excluding hydrogens is 302 g/mol. The fraction of sp³-hybridized carbons (Fsp3) is 0.368. The van der Waals surface area contributed by atoms with E-state index in [0.717, 1.165) is 48.1 Å². The van der Waals surface area contributed by atoms with E-state index in [2.05, 4.69) is 22.0 Å². The summed E-state index contributed by atoms with van der Waals surface area (Å²) in [5.41, 5.74) is 4.93. The summed E-state index contributed by atoms with van der Waals surface area (Å²) in [5.74, 6) is 2.44. The lowest BCUT2D eigenvalue weighted by Gasteiger charge is -2.31. The number of aromatic nitrogens is 1. The third-order valence-corrected chi connectivity index (χ3v) is 4.54. The van der Waals surface area contributed by atoms with Crippen LogP contribution in [0.3, 0.4) is 0 Å². The lowest BCUT2D eigenvalue weighted by molar-refractivity contribution is 0.353. The first-order chi connectivity index (χ1) is 11.6. The summed E-state index contributed by atoms with van der Waals surface area (Å²) in [5, 5.41) is 9.21. The van der Waals surface area contributed by atoms with E-state index in [4.69, 9.17) is 9.47 Å². The van der Waals surface area contributed by atoms with Gasteiger partial charge >= 0.3 is 0 Å². The predicted molar refractivity (Wildman–Crippen MR) is 92.7 cm³/mol. The molecule has 5 nitrogen and oxygen atoms in total. The van der Waals surface area contributed by atoms with E-state index in [-0.39, 0.29) is 0 Å². The Balaban J connectivity index is 1.94. The van der Waals surface area contributed by atoms with Crippen LogP contribution >= 0.6 is 0 Å². The van der Waals surface area contributed by atoms with E-state index in [0.29, 0.717) is 5.56 Å². The molecule has 0 aliphatic carbocycles. The average Bonchev–Trinajstić information content (AvgIpc) is 2.59. The monoisotopic (exact) mass is 323 g/mol. The highest BCUT2D eigenvalue weighted by Gasteiger charge is 2.21. The summed E-state index contributed by atoms with van der Waals surface area (Å²) in [6, 6.07) is 8.33. The van der Waals surface area contributed by atoms with Crippen molar-refractivity contribution in [1.82, 2.24) is 4.98 Å². The highest BCUT2D eigenvalue weighted by molar-refractivity contribution is 5.54. The Bertz CT molecular complexity index is 801. The maximum absolute atomic E-state index is 9.21. The highest BCUT2D eigenvalue weighted by atomic mass is 16.5. The number of anilines is 1. The number of rotatable bonds is 3. The molecule has 0 spiro atoms. The van der Waals surface area contributed by atoms with Crippen molar-refractivity contribution < 1.29 is 9.47 Å². The van der Waals surface area contributed by atoms with Gasteiger partial charge in [0.2, 0.25) is 0 Å². The van der Waals surface area contributed by atoms with E-state index in [1.807, 2.05) is 26.0 Å².